The number of amides is 1. The first-order valence-corrected chi connectivity index (χ1v) is 11.8. The molecule has 0 saturated carbocycles. The minimum atomic E-state index is -5.14. The number of carbonyl (C=O) groups excluding carboxylic acids is 1. The van der Waals surface area contributed by atoms with Gasteiger partial charge in [0.2, 0.25) is 0 Å². The van der Waals surface area contributed by atoms with Crippen molar-refractivity contribution in [1.82, 2.24) is 15.0 Å². The molecule has 1 amide bonds. The Labute approximate surface area is 200 Å². The molecule has 0 fully saturated rings. The van der Waals surface area contributed by atoms with Gasteiger partial charge in [-0.25, -0.2) is 23.4 Å². The molecule has 8 nitrogen and oxygen atoms in total. The van der Waals surface area contributed by atoms with Crippen LogP contribution in [0, 0.1) is 11.8 Å². The molecule has 176 valence electrons. The van der Waals surface area contributed by atoms with E-state index in [1.807, 2.05) is 0 Å². The zero-order chi connectivity index (χ0) is 24.9. The predicted octanol–water partition coefficient (Wildman–Crippen LogP) is 4.12. The van der Waals surface area contributed by atoms with Crippen LogP contribution in [-0.2, 0) is 14.6 Å². The van der Waals surface area contributed by atoms with Crippen LogP contribution in [-0.4, -0.2) is 41.2 Å². The Bertz CT molecular complexity index is 1370. The maximum atomic E-state index is 12.8. The first kappa shape index (κ1) is 25.1. The Balaban J connectivity index is 1.98. The minimum Gasteiger partial charge on any atom is -0.453 e. The molecule has 3 rings (SSSR count). The third-order valence-electron chi connectivity index (χ3n) is 4.06. The van der Waals surface area contributed by atoms with Gasteiger partial charge in [-0.2, -0.15) is 13.2 Å². The van der Waals surface area contributed by atoms with Gasteiger partial charge in [-0.05, 0) is 46.1 Å². The van der Waals surface area contributed by atoms with Crippen molar-refractivity contribution >= 4 is 37.5 Å². The summed E-state index contributed by atoms with van der Waals surface area (Å²) >= 11 is 3.09. The lowest BCUT2D eigenvalue weighted by Crippen LogP contribution is -2.30. The highest BCUT2D eigenvalue weighted by atomic mass is 79.9. The molecule has 34 heavy (non-hydrogen) atoms. The van der Waals surface area contributed by atoms with Gasteiger partial charge in [0.25, 0.3) is 0 Å². The maximum Gasteiger partial charge on any atom is 0.471 e. The number of rotatable bonds is 5. The van der Waals surface area contributed by atoms with E-state index in [9.17, 15) is 26.4 Å². The smallest absolute Gasteiger partial charge is 0.453 e. The zero-order valence-corrected chi connectivity index (χ0v) is 19.6. The fourth-order valence-corrected chi connectivity index (χ4v) is 3.52. The molecule has 0 spiro atoms. The molecule has 0 atom stereocenters. The molecule has 0 bridgehead atoms. The van der Waals surface area contributed by atoms with Gasteiger partial charge in [0.15, 0.2) is 25.2 Å². The van der Waals surface area contributed by atoms with Gasteiger partial charge in [-0.15, -0.1) is 0 Å². The molecule has 3 aromatic heterocycles. The molecule has 0 radical (unpaired) electrons. The number of pyridine rings is 3. The Morgan fingerprint density at radius 1 is 1.18 bits per heavy atom. The van der Waals surface area contributed by atoms with Crippen LogP contribution in [0.3, 0.4) is 0 Å². The summed E-state index contributed by atoms with van der Waals surface area (Å²) in [5, 5.41) is 1.55. The highest BCUT2D eigenvalue weighted by Crippen LogP contribution is 2.32. The summed E-state index contributed by atoms with van der Waals surface area (Å²) < 4.78 is 67.7. The fraction of sp³-hybridized carbons (Fsp3) is 0.143. The van der Waals surface area contributed by atoms with Gasteiger partial charge in [0, 0.05) is 12.3 Å². The van der Waals surface area contributed by atoms with Crippen molar-refractivity contribution < 1.29 is 31.1 Å². The maximum absolute atomic E-state index is 12.8. The molecule has 1 N–H and O–H groups in total. The van der Waals surface area contributed by atoms with Crippen LogP contribution in [0.1, 0.15) is 18.2 Å². The first-order valence-electron chi connectivity index (χ1n) is 9.38. The Kier molecular flexibility index (Phi) is 7.53. The van der Waals surface area contributed by atoms with Gasteiger partial charge in [-0.1, -0.05) is 18.9 Å². The average molecular weight is 555 g/mol. The normalized spacial score (nSPS) is 11.3. The largest absolute Gasteiger partial charge is 0.471 e. The van der Waals surface area contributed by atoms with E-state index in [2.05, 4.69) is 42.7 Å². The molecule has 0 aliphatic heterocycles. The van der Waals surface area contributed by atoms with E-state index in [-0.39, 0.29) is 32.4 Å². The molecule has 3 heterocycles. The lowest BCUT2D eigenvalue weighted by atomic mass is 10.2. The van der Waals surface area contributed by atoms with E-state index in [4.69, 9.17) is 4.74 Å². The van der Waals surface area contributed by atoms with Crippen molar-refractivity contribution in [2.75, 3.05) is 11.1 Å². The molecule has 0 unspecified atom stereocenters. The standard InChI is InChI=1S/C21H14BrF3N4O4S/c1-2-34(31,32)17-9-8-15(12-27-17)33-16-11-13(6-7-14-5-3-4-10-26-14)19(28-18(16)22)29-20(30)21(23,24)25/h3-5,8-12H,2H2,1H3,(H,28,29,30). The van der Waals surface area contributed by atoms with Crippen LogP contribution in [0.2, 0.25) is 0 Å². The molecule has 13 heteroatoms. The highest BCUT2D eigenvalue weighted by Gasteiger charge is 2.39. The predicted molar refractivity (Wildman–Crippen MR) is 119 cm³/mol. The second-order valence-corrected chi connectivity index (χ2v) is 9.40. The molecule has 0 aromatic carbocycles. The van der Waals surface area contributed by atoms with E-state index in [0.29, 0.717) is 5.69 Å². The summed E-state index contributed by atoms with van der Waals surface area (Å²) in [5.74, 6) is 2.66. The van der Waals surface area contributed by atoms with Crippen LogP contribution in [0.15, 0.2) is 58.4 Å². The topological polar surface area (TPSA) is 111 Å². The van der Waals surface area contributed by atoms with E-state index < -0.39 is 27.7 Å². The number of nitrogens with one attached hydrogen (secondary N) is 1. The Hall–Kier alpha value is -3.50. The van der Waals surface area contributed by atoms with Crippen LogP contribution >= 0.6 is 15.9 Å². The number of aromatic nitrogens is 3. The van der Waals surface area contributed by atoms with Gasteiger partial charge >= 0.3 is 12.1 Å². The highest BCUT2D eigenvalue weighted by molar-refractivity contribution is 9.10. The molecular formula is C21H14BrF3N4O4S. The van der Waals surface area contributed by atoms with Crippen molar-refractivity contribution in [1.29, 1.82) is 0 Å². The summed E-state index contributed by atoms with van der Waals surface area (Å²) in [4.78, 5) is 23.2. The number of halogens is 4. The second kappa shape index (κ2) is 10.2. The van der Waals surface area contributed by atoms with Crippen LogP contribution in [0.5, 0.6) is 11.5 Å². The van der Waals surface area contributed by atoms with Gasteiger partial charge in [-0.3, -0.25) is 4.79 Å². The molecule has 0 saturated heterocycles. The number of ether oxygens (including phenoxy) is 1. The lowest BCUT2D eigenvalue weighted by Gasteiger charge is -2.13. The lowest BCUT2D eigenvalue weighted by molar-refractivity contribution is -0.167. The minimum absolute atomic E-state index is 0.0308. The van der Waals surface area contributed by atoms with Crippen LogP contribution < -0.4 is 10.1 Å². The summed E-state index contributed by atoms with van der Waals surface area (Å²) in [6.07, 6.45) is -2.48. The monoisotopic (exact) mass is 554 g/mol. The van der Waals surface area contributed by atoms with Crippen molar-refractivity contribution in [3.63, 3.8) is 0 Å². The Morgan fingerprint density at radius 2 is 1.94 bits per heavy atom. The summed E-state index contributed by atoms with van der Waals surface area (Å²) in [5.41, 5.74) is 0.248. The molecule has 0 aliphatic carbocycles. The van der Waals surface area contributed by atoms with Gasteiger partial charge in [0.05, 0.1) is 17.5 Å². The number of anilines is 1. The average Bonchev–Trinajstić information content (AvgIpc) is 2.80. The quantitative estimate of drug-likeness (QED) is 0.373. The summed E-state index contributed by atoms with van der Waals surface area (Å²) in [6.45, 7) is 1.48. The third-order valence-corrected chi connectivity index (χ3v) is 6.27. The first-order chi connectivity index (χ1) is 16.0. The summed E-state index contributed by atoms with van der Waals surface area (Å²) in [6, 6.07) is 8.80. The number of hydrogen-bond donors (Lipinski definition) is 1. The van der Waals surface area contributed by atoms with E-state index in [0.717, 1.165) is 0 Å². The van der Waals surface area contributed by atoms with Gasteiger partial charge < -0.3 is 10.1 Å². The van der Waals surface area contributed by atoms with Crippen LogP contribution in [0.25, 0.3) is 0 Å². The number of alkyl halides is 3. The zero-order valence-electron chi connectivity index (χ0n) is 17.2. The number of sulfone groups is 1. The number of carbonyl (C=O) groups is 1. The van der Waals surface area contributed by atoms with E-state index in [1.165, 1.54) is 37.5 Å². The van der Waals surface area contributed by atoms with Crippen molar-refractivity contribution in [2.24, 2.45) is 0 Å². The molecular weight excluding hydrogens is 541 g/mol. The van der Waals surface area contributed by atoms with Crippen molar-refractivity contribution in [3.05, 3.63) is 64.7 Å². The fourth-order valence-electron chi connectivity index (χ4n) is 2.37. The van der Waals surface area contributed by atoms with E-state index >= 15 is 0 Å². The van der Waals surface area contributed by atoms with Gasteiger partial charge in [0.1, 0.15) is 17.3 Å². The van der Waals surface area contributed by atoms with Crippen molar-refractivity contribution in [2.45, 2.75) is 18.1 Å². The third kappa shape index (κ3) is 6.30. The second-order valence-electron chi connectivity index (χ2n) is 6.43. The van der Waals surface area contributed by atoms with E-state index in [1.54, 1.807) is 23.5 Å². The SMILES string of the molecule is CCS(=O)(=O)c1ccc(Oc2cc(C#Cc3ccccn3)c(NC(=O)C(F)(F)F)nc2Br)cn1. The summed E-state index contributed by atoms with van der Waals surface area (Å²) in [7, 11) is -3.51. The molecule has 3 aromatic rings. The molecule has 0 aliphatic rings. The van der Waals surface area contributed by atoms with Crippen LogP contribution in [0.4, 0.5) is 19.0 Å². The number of nitrogens with zero attached hydrogens (tertiary/aromatic N) is 3. The number of hydrogen-bond acceptors (Lipinski definition) is 7. The Morgan fingerprint density at radius 3 is 2.53 bits per heavy atom. The van der Waals surface area contributed by atoms with Crippen molar-refractivity contribution in [3.8, 4) is 23.3 Å².